The molecule has 0 aliphatic carbocycles. The van der Waals surface area contributed by atoms with E-state index in [-0.39, 0.29) is 12.0 Å². The van der Waals surface area contributed by atoms with E-state index in [0.717, 1.165) is 64.9 Å². The van der Waals surface area contributed by atoms with Crippen molar-refractivity contribution in [1.29, 1.82) is 0 Å². The van der Waals surface area contributed by atoms with Gasteiger partial charge in [-0.25, -0.2) is 0 Å². The van der Waals surface area contributed by atoms with E-state index in [2.05, 4.69) is 9.80 Å². The Bertz CT molecular complexity index is 349. The third-order valence-electron chi connectivity index (χ3n) is 5.28. The number of nitrogens with zero attached hydrogens (tertiary/aromatic N) is 2. The topological polar surface area (TPSA) is 58.8 Å². The maximum Gasteiger partial charge on any atom is 0.225 e. The van der Waals surface area contributed by atoms with E-state index in [1.54, 1.807) is 0 Å². The van der Waals surface area contributed by atoms with E-state index in [9.17, 15) is 4.79 Å². The van der Waals surface area contributed by atoms with Gasteiger partial charge in [-0.15, -0.1) is 0 Å². The van der Waals surface area contributed by atoms with Gasteiger partial charge in [0.1, 0.15) is 0 Å². The number of carbonyl (C=O) groups excluding carboxylic acids is 1. The Morgan fingerprint density at radius 1 is 1.10 bits per heavy atom. The summed E-state index contributed by atoms with van der Waals surface area (Å²) in [6.07, 6.45) is 7.46. The average Bonchev–Trinajstić information content (AvgIpc) is 2.99. The summed E-state index contributed by atoms with van der Waals surface area (Å²) in [6, 6.07) is 0.928. The first-order chi connectivity index (χ1) is 10.2. The van der Waals surface area contributed by atoms with Crippen LogP contribution in [0.25, 0.3) is 0 Å². The third-order valence-corrected chi connectivity index (χ3v) is 5.28. The Balaban J connectivity index is 1.44. The summed E-state index contributed by atoms with van der Waals surface area (Å²) >= 11 is 0. The van der Waals surface area contributed by atoms with Crippen LogP contribution in [0.2, 0.25) is 0 Å². The average molecular weight is 295 g/mol. The zero-order chi connectivity index (χ0) is 14.7. The minimum atomic E-state index is 0.165. The van der Waals surface area contributed by atoms with Crippen molar-refractivity contribution in [3.8, 4) is 0 Å². The van der Waals surface area contributed by atoms with Gasteiger partial charge in [0, 0.05) is 31.8 Å². The van der Waals surface area contributed by atoms with E-state index in [0.29, 0.717) is 18.5 Å². The smallest absolute Gasteiger partial charge is 0.225 e. The quantitative estimate of drug-likeness (QED) is 0.843. The number of amides is 1. The highest BCUT2D eigenvalue weighted by molar-refractivity contribution is 5.77. The Hall–Kier alpha value is -0.650. The lowest BCUT2D eigenvalue weighted by Gasteiger charge is -2.34. The molecule has 3 fully saturated rings. The van der Waals surface area contributed by atoms with Crippen LogP contribution in [0.1, 0.15) is 44.9 Å². The zero-order valence-corrected chi connectivity index (χ0v) is 13.0. The van der Waals surface area contributed by atoms with Gasteiger partial charge >= 0.3 is 0 Å². The fourth-order valence-corrected chi connectivity index (χ4v) is 3.84. The molecular formula is C16H29N3O2. The molecule has 0 aromatic carbocycles. The highest BCUT2D eigenvalue weighted by Gasteiger charge is 2.32. The Labute approximate surface area is 127 Å². The van der Waals surface area contributed by atoms with Gasteiger partial charge in [-0.3, -0.25) is 9.69 Å². The van der Waals surface area contributed by atoms with Crippen LogP contribution in [0.4, 0.5) is 0 Å². The third kappa shape index (κ3) is 3.96. The molecule has 0 radical (unpaired) electrons. The second kappa shape index (κ2) is 7.07. The lowest BCUT2D eigenvalue weighted by molar-refractivity contribution is -0.134. The van der Waals surface area contributed by atoms with Gasteiger partial charge in [-0.05, 0) is 51.6 Å². The molecule has 3 rings (SSSR count). The molecule has 0 aromatic heterocycles. The largest absolute Gasteiger partial charge is 0.378 e. The molecule has 0 aromatic rings. The van der Waals surface area contributed by atoms with Crippen molar-refractivity contribution < 1.29 is 9.53 Å². The van der Waals surface area contributed by atoms with Crippen molar-refractivity contribution in [3.05, 3.63) is 0 Å². The first kappa shape index (κ1) is 15.3. The number of rotatable bonds is 3. The van der Waals surface area contributed by atoms with Gasteiger partial charge in [0.05, 0.1) is 12.5 Å². The second-order valence-corrected chi connectivity index (χ2v) is 6.85. The minimum absolute atomic E-state index is 0.165. The first-order valence-electron chi connectivity index (χ1n) is 8.61. The fraction of sp³-hybridized carbons (Fsp3) is 0.938. The highest BCUT2D eigenvalue weighted by atomic mass is 16.5. The molecular weight excluding hydrogens is 266 g/mol. The van der Waals surface area contributed by atoms with Crippen LogP contribution >= 0.6 is 0 Å². The summed E-state index contributed by atoms with van der Waals surface area (Å²) in [5.41, 5.74) is 5.97. The van der Waals surface area contributed by atoms with E-state index in [1.807, 2.05) is 0 Å². The van der Waals surface area contributed by atoms with Crippen LogP contribution in [-0.2, 0) is 9.53 Å². The van der Waals surface area contributed by atoms with Crippen molar-refractivity contribution >= 4 is 5.91 Å². The molecule has 3 aliphatic heterocycles. The highest BCUT2D eigenvalue weighted by Crippen LogP contribution is 2.22. The number of hydrogen-bond donors (Lipinski definition) is 1. The van der Waals surface area contributed by atoms with Gasteiger partial charge < -0.3 is 15.4 Å². The predicted molar refractivity (Wildman–Crippen MR) is 82.0 cm³/mol. The van der Waals surface area contributed by atoms with Crippen LogP contribution < -0.4 is 5.73 Å². The second-order valence-electron chi connectivity index (χ2n) is 6.85. The monoisotopic (exact) mass is 295 g/mol. The van der Waals surface area contributed by atoms with Crippen molar-refractivity contribution in [2.45, 2.75) is 63.1 Å². The minimum Gasteiger partial charge on any atom is -0.378 e. The molecule has 3 heterocycles. The van der Waals surface area contributed by atoms with E-state index >= 15 is 0 Å². The number of carbonyl (C=O) groups is 1. The van der Waals surface area contributed by atoms with E-state index < -0.39 is 0 Å². The number of likely N-dealkylation sites (tertiary alicyclic amines) is 2. The Morgan fingerprint density at radius 2 is 1.90 bits per heavy atom. The lowest BCUT2D eigenvalue weighted by Crippen LogP contribution is -2.46. The summed E-state index contributed by atoms with van der Waals surface area (Å²) < 4.78 is 5.69. The number of nitrogens with two attached hydrogens (primary N) is 1. The van der Waals surface area contributed by atoms with E-state index in [4.69, 9.17) is 10.5 Å². The number of ether oxygens (including phenoxy) is 1. The molecule has 3 saturated heterocycles. The molecule has 5 heteroatoms. The summed E-state index contributed by atoms with van der Waals surface area (Å²) in [6.45, 7) is 4.84. The maximum atomic E-state index is 12.4. The van der Waals surface area contributed by atoms with Crippen LogP contribution in [0.15, 0.2) is 0 Å². The Morgan fingerprint density at radius 3 is 2.62 bits per heavy atom. The van der Waals surface area contributed by atoms with Crippen molar-refractivity contribution in [1.82, 2.24) is 9.80 Å². The molecule has 0 spiro atoms. The van der Waals surface area contributed by atoms with Gasteiger partial charge in [0.25, 0.3) is 0 Å². The Kier molecular flexibility index (Phi) is 5.14. The molecule has 1 amide bonds. The molecule has 5 nitrogen and oxygen atoms in total. The molecule has 120 valence electrons. The summed E-state index contributed by atoms with van der Waals surface area (Å²) in [5.74, 6) is 0.290. The van der Waals surface area contributed by atoms with Crippen molar-refractivity contribution in [2.75, 3.05) is 32.8 Å². The first-order valence-corrected chi connectivity index (χ1v) is 8.61. The van der Waals surface area contributed by atoms with Crippen LogP contribution in [0.5, 0.6) is 0 Å². The predicted octanol–water partition coefficient (Wildman–Crippen LogP) is 0.970. The summed E-state index contributed by atoms with van der Waals surface area (Å²) in [5, 5.41) is 0. The SMILES string of the molecule is NC1CCN(C2CCN(C(=O)CC3CCCCO3)C2)CC1. The molecule has 2 atom stereocenters. The lowest BCUT2D eigenvalue weighted by atomic mass is 10.0. The van der Waals surface area contributed by atoms with Gasteiger partial charge in [0.2, 0.25) is 5.91 Å². The maximum absolute atomic E-state index is 12.4. The summed E-state index contributed by atoms with van der Waals surface area (Å²) in [7, 11) is 0. The van der Waals surface area contributed by atoms with Crippen LogP contribution in [0.3, 0.4) is 0 Å². The van der Waals surface area contributed by atoms with Gasteiger partial charge in [0.15, 0.2) is 0 Å². The van der Waals surface area contributed by atoms with Crippen LogP contribution in [-0.4, -0.2) is 66.7 Å². The number of piperidine rings is 1. The molecule has 3 aliphatic rings. The fourth-order valence-electron chi connectivity index (χ4n) is 3.84. The zero-order valence-electron chi connectivity index (χ0n) is 13.0. The van der Waals surface area contributed by atoms with Gasteiger partial charge in [-0.1, -0.05) is 0 Å². The molecule has 2 N–H and O–H groups in total. The van der Waals surface area contributed by atoms with Gasteiger partial charge in [-0.2, -0.15) is 0 Å². The normalized spacial score (nSPS) is 32.5. The van der Waals surface area contributed by atoms with Crippen molar-refractivity contribution in [3.63, 3.8) is 0 Å². The van der Waals surface area contributed by atoms with Crippen molar-refractivity contribution in [2.24, 2.45) is 5.73 Å². The number of hydrogen-bond acceptors (Lipinski definition) is 4. The molecule has 2 unspecified atom stereocenters. The molecule has 0 bridgehead atoms. The molecule has 21 heavy (non-hydrogen) atoms. The van der Waals surface area contributed by atoms with Crippen LogP contribution in [0, 0.1) is 0 Å². The van der Waals surface area contributed by atoms with E-state index in [1.165, 1.54) is 6.42 Å². The molecule has 0 saturated carbocycles. The standard InChI is InChI=1S/C16H29N3O2/c17-13-4-7-18(8-5-13)14-6-9-19(12-14)16(20)11-15-3-1-2-10-21-15/h13-15H,1-12,17H2. The summed E-state index contributed by atoms with van der Waals surface area (Å²) in [4.78, 5) is 17.0.